The first-order valence-electron chi connectivity index (χ1n) is 15.1. The van der Waals surface area contributed by atoms with Crippen LogP contribution in [0.1, 0.15) is 66.3 Å². The predicted octanol–water partition coefficient (Wildman–Crippen LogP) is 4.61. The monoisotopic (exact) mass is 650 g/mol. The van der Waals surface area contributed by atoms with E-state index in [1.54, 1.807) is 38.2 Å². The van der Waals surface area contributed by atoms with Gasteiger partial charge in [0.2, 0.25) is 5.91 Å². The number of piperidine rings is 1. The second-order valence-electron chi connectivity index (χ2n) is 12.3. The Bertz CT molecular complexity index is 1810. The molecule has 47 heavy (non-hydrogen) atoms. The number of hydrogen-bond acceptors (Lipinski definition) is 8. The summed E-state index contributed by atoms with van der Waals surface area (Å²) in [4.78, 5) is 48.0. The number of alkyl halides is 3. The van der Waals surface area contributed by atoms with Gasteiger partial charge in [-0.3, -0.25) is 34.4 Å². The Morgan fingerprint density at radius 1 is 1.04 bits per heavy atom. The highest BCUT2D eigenvalue weighted by Crippen LogP contribution is 2.34. The van der Waals surface area contributed by atoms with Crippen molar-refractivity contribution in [2.75, 3.05) is 29.9 Å². The van der Waals surface area contributed by atoms with Gasteiger partial charge in [-0.1, -0.05) is 6.07 Å². The Morgan fingerprint density at radius 2 is 1.81 bits per heavy atom. The van der Waals surface area contributed by atoms with Gasteiger partial charge in [0.15, 0.2) is 0 Å². The Hall–Kier alpha value is -4.89. The summed E-state index contributed by atoms with van der Waals surface area (Å²) in [5, 5.41) is 21.4. The van der Waals surface area contributed by atoms with Crippen molar-refractivity contribution >= 4 is 40.3 Å². The van der Waals surface area contributed by atoms with Crippen molar-refractivity contribution in [3.63, 3.8) is 0 Å². The number of aliphatic hydroxyl groups is 1. The molecule has 0 unspecified atom stereocenters. The van der Waals surface area contributed by atoms with E-state index >= 15 is 0 Å². The standard InChI is InChI=1S/C32H33F3N8O4/c1-31(2,47)23-14-24-21(13-25(23)38-29(45)20-4-5-26(36-16-20)32(33,34)35)18-43(40-24)22-7-10-41(11-8-22)17-19-3-6-27(37-15-19)42-12-9-28(44)39-30(42)46/h3-6,13-16,18,22,47H,7-12,17H2,1-2H3,(H,38,45)(H,39,44,46). The Labute approximate surface area is 267 Å². The third kappa shape index (κ3) is 7.10. The average molecular weight is 651 g/mol. The van der Waals surface area contributed by atoms with E-state index in [0.717, 1.165) is 55.2 Å². The highest BCUT2D eigenvalue weighted by molar-refractivity contribution is 6.06. The first-order chi connectivity index (χ1) is 22.2. The number of amides is 4. The minimum Gasteiger partial charge on any atom is -0.386 e. The molecule has 246 valence electrons. The van der Waals surface area contributed by atoms with Crippen LogP contribution in [0.15, 0.2) is 55.0 Å². The minimum absolute atomic E-state index is 0.0546. The summed E-state index contributed by atoms with van der Waals surface area (Å²) in [6, 6.07) is 8.60. The number of benzene rings is 1. The van der Waals surface area contributed by atoms with E-state index in [-0.39, 0.29) is 23.9 Å². The van der Waals surface area contributed by atoms with Crippen LogP contribution in [0.3, 0.4) is 0 Å². The van der Waals surface area contributed by atoms with Gasteiger partial charge in [-0.15, -0.1) is 0 Å². The summed E-state index contributed by atoms with van der Waals surface area (Å²) >= 11 is 0. The third-order valence-corrected chi connectivity index (χ3v) is 8.36. The second kappa shape index (κ2) is 12.4. The maximum atomic E-state index is 12.9. The molecule has 0 aliphatic carbocycles. The van der Waals surface area contributed by atoms with Crippen molar-refractivity contribution in [2.45, 2.75) is 57.5 Å². The van der Waals surface area contributed by atoms with Crippen LogP contribution in [0.4, 0.5) is 29.5 Å². The van der Waals surface area contributed by atoms with Gasteiger partial charge in [-0.05, 0) is 62.6 Å². The first kappa shape index (κ1) is 32.1. The van der Waals surface area contributed by atoms with E-state index in [4.69, 9.17) is 5.10 Å². The number of rotatable bonds is 7. The molecule has 2 fully saturated rings. The molecule has 4 aromatic rings. The van der Waals surface area contributed by atoms with Crippen molar-refractivity contribution in [3.8, 4) is 0 Å². The average Bonchev–Trinajstić information content (AvgIpc) is 3.44. The number of anilines is 2. The Balaban J connectivity index is 1.11. The van der Waals surface area contributed by atoms with Crippen LogP contribution in [0.25, 0.3) is 10.9 Å². The molecule has 2 saturated heterocycles. The van der Waals surface area contributed by atoms with Crippen LogP contribution in [0.2, 0.25) is 0 Å². The largest absolute Gasteiger partial charge is 0.433 e. The second-order valence-corrected chi connectivity index (χ2v) is 12.3. The molecule has 15 heteroatoms. The Morgan fingerprint density at radius 3 is 2.43 bits per heavy atom. The van der Waals surface area contributed by atoms with Gasteiger partial charge in [0, 0.05) is 67.8 Å². The van der Waals surface area contributed by atoms with Crippen molar-refractivity contribution in [3.05, 3.63) is 77.4 Å². The van der Waals surface area contributed by atoms with E-state index in [2.05, 4.69) is 25.5 Å². The van der Waals surface area contributed by atoms with Gasteiger partial charge in [0.1, 0.15) is 11.5 Å². The van der Waals surface area contributed by atoms with Gasteiger partial charge >= 0.3 is 12.2 Å². The third-order valence-electron chi connectivity index (χ3n) is 8.36. The lowest BCUT2D eigenvalue weighted by molar-refractivity contribution is -0.141. The van der Waals surface area contributed by atoms with E-state index in [0.29, 0.717) is 35.7 Å². The van der Waals surface area contributed by atoms with Crippen LogP contribution < -0.4 is 15.5 Å². The first-order valence-corrected chi connectivity index (χ1v) is 15.1. The number of aromatic nitrogens is 4. The fraction of sp³-hybridized carbons (Fsp3) is 0.375. The number of nitrogens with zero attached hydrogens (tertiary/aromatic N) is 6. The zero-order valence-corrected chi connectivity index (χ0v) is 25.7. The highest BCUT2D eigenvalue weighted by atomic mass is 19.4. The van der Waals surface area contributed by atoms with Crippen LogP contribution in [-0.4, -0.2) is 67.2 Å². The van der Waals surface area contributed by atoms with Crippen LogP contribution in [0, 0.1) is 0 Å². The summed E-state index contributed by atoms with van der Waals surface area (Å²) in [5.74, 6) is -0.455. The van der Waals surface area contributed by atoms with Gasteiger partial charge in [0.25, 0.3) is 5.91 Å². The van der Waals surface area contributed by atoms with Crippen molar-refractivity contribution in [1.82, 2.24) is 30.0 Å². The van der Waals surface area contributed by atoms with Gasteiger partial charge in [-0.25, -0.2) is 9.78 Å². The lowest BCUT2D eigenvalue weighted by Crippen LogP contribution is -2.49. The van der Waals surface area contributed by atoms with Gasteiger partial charge < -0.3 is 10.4 Å². The zero-order chi connectivity index (χ0) is 33.5. The quantitative estimate of drug-likeness (QED) is 0.263. The van der Waals surface area contributed by atoms with Crippen molar-refractivity contribution < 1.29 is 32.7 Å². The lowest BCUT2D eigenvalue weighted by Gasteiger charge is -2.32. The molecular formula is C32H33F3N8O4. The number of imide groups is 1. The molecule has 2 aliphatic rings. The summed E-state index contributed by atoms with van der Waals surface area (Å²) in [7, 11) is 0. The summed E-state index contributed by atoms with van der Waals surface area (Å²) in [5.41, 5.74) is -0.131. The maximum absolute atomic E-state index is 12.9. The smallest absolute Gasteiger partial charge is 0.386 e. The molecule has 6 rings (SSSR count). The number of carbonyl (C=O) groups excluding carboxylic acids is 3. The molecule has 4 amide bonds. The molecule has 3 aromatic heterocycles. The summed E-state index contributed by atoms with van der Waals surface area (Å²) in [6.07, 6.45) is 1.80. The number of hydrogen-bond donors (Lipinski definition) is 3. The van der Waals surface area contributed by atoms with Gasteiger partial charge in [0.05, 0.1) is 22.7 Å². The molecule has 3 N–H and O–H groups in total. The Kier molecular flexibility index (Phi) is 8.44. The number of likely N-dealkylation sites (tertiary alicyclic amines) is 1. The fourth-order valence-corrected chi connectivity index (χ4v) is 5.83. The summed E-state index contributed by atoms with van der Waals surface area (Å²) < 4.78 is 40.6. The topological polar surface area (TPSA) is 146 Å². The highest BCUT2D eigenvalue weighted by Gasteiger charge is 2.32. The van der Waals surface area contributed by atoms with E-state index in [9.17, 15) is 32.7 Å². The number of fused-ring (bicyclic) bond motifs is 1. The fourth-order valence-electron chi connectivity index (χ4n) is 5.83. The number of urea groups is 1. The van der Waals surface area contributed by atoms with Crippen molar-refractivity contribution in [1.29, 1.82) is 0 Å². The number of pyridine rings is 2. The molecule has 5 heterocycles. The minimum atomic E-state index is -4.62. The molecule has 0 radical (unpaired) electrons. The lowest BCUT2D eigenvalue weighted by atomic mass is 9.95. The number of halogens is 3. The van der Waals surface area contributed by atoms with E-state index in [1.807, 2.05) is 16.9 Å². The molecule has 12 nitrogen and oxygen atoms in total. The molecule has 0 spiro atoms. The molecule has 0 atom stereocenters. The zero-order valence-electron chi connectivity index (χ0n) is 25.7. The van der Waals surface area contributed by atoms with E-state index in [1.165, 1.54) is 4.90 Å². The molecule has 1 aromatic carbocycles. The predicted molar refractivity (Wildman–Crippen MR) is 165 cm³/mol. The van der Waals surface area contributed by atoms with Gasteiger partial charge in [-0.2, -0.15) is 18.3 Å². The molecular weight excluding hydrogens is 617 g/mol. The van der Waals surface area contributed by atoms with Crippen molar-refractivity contribution in [2.24, 2.45) is 0 Å². The summed E-state index contributed by atoms with van der Waals surface area (Å²) in [6.45, 7) is 5.77. The SMILES string of the molecule is CC(C)(O)c1cc2nn(C3CCN(Cc4ccc(N5CCC(=O)NC5=O)nc4)CC3)cc2cc1NC(=O)c1ccc(C(F)(F)F)nc1. The normalized spacial score (nSPS) is 16.9. The molecule has 0 saturated carbocycles. The van der Waals surface area contributed by atoms with Crippen LogP contribution in [-0.2, 0) is 23.1 Å². The van der Waals surface area contributed by atoms with Crippen LogP contribution in [0.5, 0.6) is 0 Å². The maximum Gasteiger partial charge on any atom is 0.433 e. The number of carbonyl (C=O) groups is 3. The molecule has 0 bridgehead atoms. The molecule has 2 aliphatic heterocycles. The number of nitrogens with one attached hydrogen (secondary N) is 2. The van der Waals surface area contributed by atoms with E-state index < -0.39 is 29.4 Å². The van der Waals surface area contributed by atoms with Crippen LogP contribution >= 0.6 is 0 Å².